The summed E-state index contributed by atoms with van der Waals surface area (Å²) in [6, 6.07) is 0. The predicted molar refractivity (Wildman–Crippen MR) is 64.1 cm³/mol. The third-order valence-electron chi connectivity index (χ3n) is 2.90. The molecule has 1 aromatic heterocycles. The van der Waals surface area contributed by atoms with Gasteiger partial charge in [-0.05, 0) is 6.92 Å². The summed E-state index contributed by atoms with van der Waals surface area (Å²) in [5.74, 6) is 2.95. The zero-order valence-electron chi connectivity index (χ0n) is 9.27. The molecular weight excluding hydrogens is 220 g/mol. The van der Waals surface area contributed by atoms with Crippen LogP contribution in [0.2, 0.25) is 0 Å². The average molecular weight is 234 g/mol. The molecule has 1 aliphatic rings. The van der Waals surface area contributed by atoms with Crippen molar-refractivity contribution in [3.63, 3.8) is 0 Å². The lowest BCUT2D eigenvalue weighted by atomic mass is 10.1. The normalized spacial score (nSPS) is 20.1. The van der Waals surface area contributed by atoms with Crippen molar-refractivity contribution in [3.05, 3.63) is 16.1 Å². The quantitative estimate of drug-likeness (QED) is 0.742. The lowest BCUT2D eigenvalue weighted by Gasteiger charge is -2.14. The van der Waals surface area contributed by atoms with E-state index in [2.05, 4.69) is 10.9 Å². The number of aromatic nitrogens is 1. The minimum Gasteiger partial charge on any atom is -0.341 e. The third kappa shape index (κ3) is 2.25. The SMILES string of the molecule is C#CC1CC(=O)N(CCc2scnc2C)C1. The number of amides is 1. The van der Waals surface area contributed by atoms with Gasteiger partial charge in [0.2, 0.25) is 5.91 Å². The Bertz CT molecular complexity index is 432. The van der Waals surface area contributed by atoms with Gasteiger partial charge in [-0.25, -0.2) is 4.98 Å². The Morgan fingerprint density at radius 2 is 2.56 bits per heavy atom. The first-order valence-electron chi connectivity index (χ1n) is 5.33. The molecule has 1 amide bonds. The van der Waals surface area contributed by atoms with Gasteiger partial charge in [0.15, 0.2) is 0 Å². The first kappa shape index (κ1) is 11.2. The van der Waals surface area contributed by atoms with Crippen molar-refractivity contribution in [2.75, 3.05) is 13.1 Å². The highest BCUT2D eigenvalue weighted by Gasteiger charge is 2.27. The van der Waals surface area contributed by atoms with Crippen LogP contribution in [0.5, 0.6) is 0 Å². The summed E-state index contributed by atoms with van der Waals surface area (Å²) >= 11 is 1.65. The van der Waals surface area contributed by atoms with Gasteiger partial charge in [0.25, 0.3) is 0 Å². The first-order chi connectivity index (χ1) is 7.70. The highest BCUT2D eigenvalue weighted by atomic mass is 32.1. The fourth-order valence-corrected chi connectivity index (χ4v) is 2.67. The van der Waals surface area contributed by atoms with Crippen molar-refractivity contribution in [2.45, 2.75) is 19.8 Å². The summed E-state index contributed by atoms with van der Waals surface area (Å²) in [5.41, 5.74) is 2.92. The number of carbonyl (C=O) groups is 1. The number of rotatable bonds is 3. The molecule has 0 saturated carbocycles. The monoisotopic (exact) mass is 234 g/mol. The second kappa shape index (κ2) is 4.67. The fraction of sp³-hybridized carbons (Fsp3) is 0.500. The number of terminal acetylenes is 1. The van der Waals surface area contributed by atoms with Crippen molar-refractivity contribution < 1.29 is 4.79 Å². The molecule has 1 saturated heterocycles. The first-order valence-corrected chi connectivity index (χ1v) is 6.21. The largest absolute Gasteiger partial charge is 0.341 e. The maximum absolute atomic E-state index is 11.6. The van der Waals surface area contributed by atoms with Crippen LogP contribution in [-0.2, 0) is 11.2 Å². The Morgan fingerprint density at radius 1 is 1.75 bits per heavy atom. The molecule has 4 heteroatoms. The number of nitrogens with zero attached hydrogens (tertiary/aromatic N) is 2. The molecule has 0 aromatic carbocycles. The summed E-state index contributed by atoms with van der Waals surface area (Å²) < 4.78 is 0. The molecule has 3 nitrogen and oxygen atoms in total. The highest BCUT2D eigenvalue weighted by molar-refractivity contribution is 7.09. The van der Waals surface area contributed by atoms with Gasteiger partial charge in [0.05, 0.1) is 11.2 Å². The Morgan fingerprint density at radius 3 is 3.12 bits per heavy atom. The Labute approximate surface area is 99.5 Å². The smallest absolute Gasteiger partial charge is 0.223 e. The van der Waals surface area contributed by atoms with E-state index in [1.165, 1.54) is 4.88 Å². The standard InChI is InChI=1S/C12H14N2OS/c1-3-10-6-12(15)14(7-10)5-4-11-9(2)13-8-16-11/h1,8,10H,4-7H2,2H3. The van der Waals surface area contributed by atoms with Gasteiger partial charge >= 0.3 is 0 Å². The molecule has 16 heavy (non-hydrogen) atoms. The molecule has 2 heterocycles. The Balaban J connectivity index is 1.90. The van der Waals surface area contributed by atoms with Gasteiger partial charge < -0.3 is 4.90 Å². The van der Waals surface area contributed by atoms with Crippen molar-refractivity contribution in [1.82, 2.24) is 9.88 Å². The molecule has 0 radical (unpaired) electrons. The Hall–Kier alpha value is -1.34. The van der Waals surface area contributed by atoms with Crippen molar-refractivity contribution in [1.29, 1.82) is 0 Å². The van der Waals surface area contributed by atoms with E-state index in [9.17, 15) is 4.79 Å². The van der Waals surface area contributed by atoms with Crippen LogP contribution in [0.25, 0.3) is 0 Å². The predicted octanol–water partition coefficient (Wildman–Crippen LogP) is 1.48. The number of likely N-dealkylation sites (tertiary alicyclic amines) is 1. The van der Waals surface area contributed by atoms with Crippen molar-refractivity contribution in [3.8, 4) is 12.3 Å². The van der Waals surface area contributed by atoms with E-state index in [-0.39, 0.29) is 11.8 Å². The fourth-order valence-electron chi connectivity index (χ4n) is 1.90. The van der Waals surface area contributed by atoms with Gasteiger partial charge in [0, 0.05) is 36.7 Å². The molecule has 1 aliphatic heterocycles. The number of aryl methyl sites for hydroxylation is 1. The molecule has 1 aromatic rings. The molecule has 1 unspecified atom stereocenters. The van der Waals surface area contributed by atoms with Gasteiger partial charge in [0.1, 0.15) is 0 Å². The molecule has 0 spiro atoms. The lowest BCUT2D eigenvalue weighted by Crippen LogP contribution is -2.27. The number of carbonyl (C=O) groups excluding carboxylic acids is 1. The van der Waals surface area contributed by atoms with Crippen LogP contribution in [-0.4, -0.2) is 28.9 Å². The van der Waals surface area contributed by atoms with Crippen LogP contribution in [0.4, 0.5) is 0 Å². The lowest BCUT2D eigenvalue weighted by molar-refractivity contribution is -0.127. The third-order valence-corrected chi connectivity index (χ3v) is 3.90. The zero-order valence-corrected chi connectivity index (χ0v) is 10.1. The molecule has 1 fully saturated rings. The number of hydrogen-bond donors (Lipinski definition) is 0. The molecule has 2 rings (SSSR count). The second-order valence-electron chi connectivity index (χ2n) is 4.02. The van der Waals surface area contributed by atoms with Crippen LogP contribution >= 0.6 is 11.3 Å². The minimum absolute atomic E-state index is 0.107. The second-order valence-corrected chi connectivity index (χ2v) is 4.96. The molecule has 0 aliphatic carbocycles. The summed E-state index contributed by atoms with van der Waals surface area (Å²) in [7, 11) is 0. The zero-order chi connectivity index (χ0) is 11.5. The molecular formula is C12H14N2OS. The van der Waals surface area contributed by atoms with E-state index in [0.29, 0.717) is 13.0 Å². The summed E-state index contributed by atoms with van der Waals surface area (Å²) in [6.07, 6.45) is 6.74. The van der Waals surface area contributed by atoms with Crippen LogP contribution in [0, 0.1) is 25.2 Å². The van der Waals surface area contributed by atoms with E-state index < -0.39 is 0 Å². The van der Waals surface area contributed by atoms with Gasteiger partial charge in [-0.2, -0.15) is 0 Å². The van der Waals surface area contributed by atoms with Gasteiger partial charge in [-0.1, -0.05) is 0 Å². The number of thiazole rings is 1. The van der Waals surface area contributed by atoms with E-state index in [4.69, 9.17) is 6.42 Å². The van der Waals surface area contributed by atoms with Crippen LogP contribution in [0.1, 0.15) is 17.0 Å². The van der Waals surface area contributed by atoms with Crippen molar-refractivity contribution >= 4 is 17.2 Å². The van der Waals surface area contributed by atoms with E-state index in [1.54, 1.807) is 11.3 Å². The molecule has 1 atom stereocenters. The average Bonchev–Trinajstić information content (AvgIpc) is 2.82. The molecule has 84 valence electrons. The minimum atomic E-state index is 0.107. The van der Waals surface area contributed by atoms with Crippen LogP contribution in [0.3, 0.4) is 0 Å². The van der Waals surface area contributed by atoms with E-state index in [1.807, 2.05) is 17.3 Å². The highest BCUT2D eigenvalue weighted by Crippen LogP contribution is 2.19. The summed E-state index contributed by atoms with van der Waals surface area (Å²) in [5, 5.41) is 0. The maximum atomic E-state index is 11.6. The molecule has 0 N–H and O–H groups in total. The number of hydrogen-bond acceptors (Lipinski definition) is 3. The van der Waals surface area contributed by atoms with Crippen LogP contribution in [0.15, 0.2) is 5.51 Å². The van der Waals surface area contributed by atoms with Crippen molar-refractivity contribution in [2.24, 2.45) is 5.92 Å². The summed E-state index contributed by atoms with van der Waals surface area (Å²) in [6.45, 7) is 3.48. The van der Waals surface area contributed by atoms with Crippen LogP contribution < -0.4 is 0 Å². The maximum Gasteiger partial charge on any atom is 0.223 e. The topological polar surface area (TPSA) is 33.2 Å². The van der Waals surface area contributed by atoms with Gasteiger partial charge in [-0.3, -0.25) is 4.79 Å². The summed E-state index contributed by atoms with van der Waals surface area (Å²) in [4.78, 5) is 18.9. The molecule has 0 bridgehead atoms. The van der Waals surface area contributed by atoms with Gasteiger partial charge in [-0.15, -0.1) is 23.7 Å². The van der Waals surface area contributed by atoms with E-state index >= 15 is 0 Å². The Kier molecular flexibility index (Phi) is 3.25. The van der Waals surface area contributed by atoms with E-state index in [0.717, 1.165) is 18.7 Å².